The third-order valence-electron chi connectivity index (χ3n) is 3.60. The van der Waals surface area contributed by atoms with Gasteiger partial charge in [-0.05, 0) is 56.5 Å². The van der Waals surface area contributed by atoms with Crippen LogP contribution in [0.5, 0.6) is 0 Å². The lowest BCUT2D eigenvalue weighted by Gasteiger charge is -2.07. The molecule has 1 N–H and O–H groups in total. The average Bonchev–Trinajstić information content (AvgIpc) is 2.90. The van der Waals surface area contributed by atoms with E-state index in [0.29, 0.717) is 0 Å². The minimum Gasteiger partial charge on any atom is -0.316 e. The number of nitrogens with one attached hydrogen (secondary N) is 1. The van der Waals surface area contributed by atoms with Crippen LogP contribution >= 0.6 is 0 Å². The predicted molar refractivity (Wildman–Crippen MR) is 84.8 cm³/mol. The second kappa shape index (κ2) is 7.88. The van der Waals surface area contributed by atoms with Gasteiger partial charge in [0.15, 0.2) is 5.82 Å². The van der Waals surface area contributed by atoms with E-state index in [1.54, 1.807) is 6.20 Å². The average molecular weight is 287 g/mol. The molecule has 0 unspecified atom stereocenters. The van der Waals surface area contributed by atoms with Crippen molar-refractivity contribution in [2.45, 2.75) is 46.5 Å². The second-order valence-electron chi connectivity index (χ2n) is 5.07. The third kappa shape index (κ3) is 3.67. The van der Waals surface area contributed by atoms with Crippen molar-refractivity contribution in [2.75, 3.05) is 13.1 Å². The van der Waals surface area contributed by atoms with E-state index >= 15 is 0 Å². The summed E-state index contributed by atoms with van der Waals surface area (Å²) in [7, 11) is 0. The molecule has 0 atom stereocenters. The van der Waals surface area contributed by atoms with Crippen LogP contribution in [0.2, 0.25) is 0 Å². The lowest BCUT2D eigenvalue weighted by Crippen LogP contribution is -2.18. The van der Waals surface area contributed by atoms with Crippen LogP contribution in [0.1, 0.15) is 44.1 Å². The molecule has 0 bridgehead atoms. The Labute approximate surface area is 126 Å². The van der Waals surface area contributed by atoms with Gasteiger partial charge >= 0.3 is 0 Å². The first-order valence-electron chi connectivity index (χ1n) is 7.90. The lowest BCUT2D eigenvalue weighted by molar-refractivity contribution is 0.666. The molecule has 2 rings (SSSR count). The number of aryl methyl sites for hydroxylation is 1. The first-order valence-corrected chi connectivity index (χ1v) is 7.90. The molecule has 0 aliphatic rings. The molecule has 21 heavy (non-hydrogen) atoms. The molecule has 0 aromatic carbocycles. The molecule has 0 aliphatic heterocycles. The topological polar surface area (TPSA) is 55.6 Å². The highest BCUT2D eigenvalue weighted by molar-refractivity contribution is 5.33. The van der Waals surface area contributed by atoms with Gasteiger partial charge in [-0.25, -0.2) is 4.68 Å². The molecule has 0 amide bonds. The predicted octanol–water partition coefficient (Wildman–Crippen LogP) is 2.33. The van der Waals surface area contributed by atoms with Crippen LogP contribution in [0.25, 0.3) is 5.82 Å². The Bertz CT molecular complexity index is 547. The molecular weight excluding hydrogens is 262 g/mol. The lowest BCUT2D eigenvalue weighted by atomic mass is 10.1. The fourth-order valence-electron chi connectivity index (χ4n) is 2.58. The highest BCUT2D eigenvalue weighted by atomic mass is 15.3. The summed E-state index contributed by atoms with van der Waals surface area (Å²) in [6.45, 7) is 8.59. The van der Waals surface area contributed by atoms with Crippen molar-refractivity contribution >= 4 is 0 Å². The number of hydrogen-bond donors (Lipinski definition) is 1. The largest absolute Gasteiger partial charge is 0.316 e. The van der Waals surface area contributed by atoms with Gasteiger partial charge in [-0.3, -0.25) is 0 Å². The fourth-order valence-corrected chi connectivity index (χ4v) is 2.58. The maximum atomic E-state index is 4.76. The zero-order valence-corrected chi connectivity index (χ0v) is 13.3. The van der Waals surface area contributed by atoms with E-state index in [2.05, 4.69) is 36.3 Å². The zero-order chi connectivity index (χ0) is 15.1. The van der Waals surface area contributed by atoms with E-state index in [4.69, 9.17) is 5.10 Å². The quantitative estimate of drug-likeness (QED) is 0.757. The third-order valence-corrected chi connectivity index (χ3v) is 3.60. The zero-order valence-electron chi connectivity index (χ0n) is 13.3. The molecule has 2 heterocycles. The highest BCUT2D eigenvalue weighted by Crippen LogP contribution is 2.19. The monoisotopic (exact) mass is 287 g/mol. The molecule has 0 aliphatic carbocycles. The van der Waals surface area contributed by atoms with E-state index in [0.717, 1.165) is 38.2 Å². The Morgan fingerprint density at radius 3 is 2.62 bits per heavy atom. The maximum Gasteiger partial charge on any atom is 0.175 e. The molecule has 114 valence electrons. The van der Waals surface area contributed by atoms with Crippen molar-refractivity contribution in [1.29, 1.82) is 0 Å². The highest BCUT2D eigenvalue weighted by Gasteiger charge is 2.16. The Kier molecular flexibility index (Phi) is 5.87. The Balaban J connectivity index is 2.28. The summed E-state index contributed by atoms with van der Waals surface area (Å²) < 4.78 is 1.96. The van der Waals surface area contributed by atoms with Crippen molar-refractivity contribution in [3.8, 4) is 5.82 Å². The molecule has 5 nitrogen and oxygen atoms in total. The van der Waals surface area contributed by atoms with Gasteiger partial charge in [0.05, 0.1) is 5.69 Å². The number of aromatic nitrogens is 4. The van der Waals surface area contributed by atoms with Crippen molar-refractivity contribution in [3.63, 3.8) is 0 Å². The summed E-state index contributed by atoms with van der Waals surface area (Å²) in [6.07, 6.45) is 5.78. The van der Waals surface area contributed by atoms with Gasteiger partial charge in [-0.1, -0.05) is 20.8 Å². The molecule has 0 saturated heterocycles. The smallest absolute Gasteiger partial charge is 0.175 e. The van der Waals surface area contributed by atoms with Gasteiger partial charge in [0.1, 0.15) is 0 Å². The molecular formula is C16H25N5. The van der Waals surface area contributed by atoms with Crippen LogP contribution in [0.3, 0.4) is 0 Å². The van der Waals surface area contributed by atoms with Gasteiger partial charge in [-0.2, -0.15) is 10.2 Å². The van der Waals surface area contributed by atoms with Crippen LogP contribution in [-0.2, 0) is 19.3 Å². The molecule has 2 aromatic rings. The van der Waals surface area contributed by atoms with Crippen LogP contribution < -0.4 is 5.32 Å². The van der Waals surface area contributed by atoms with E-state index in [1.165, 1.54) is 23.4 Å². The Morgan fingerprint density at radius 1 is 1.14 bits per heavy atom. The van der Waals surface area contributed by atoms with Crippen LogP contribution in [0.15, 0.2) is 18.3 Å². The minimum atomic E-state index is 0.803. The summed E-state index contributed by atoms with van der Waals surface area (Å²) in [5.74, 6) is 0.803. The summed E-state index contributed by atoms with van der Waals surface area (Å²) in [4.78, 5) is 0. The van der Waals surface area contributed by atoms with E-state index in [1.807, 2.05) is 16.8 Å². The first-order chi connectivity index (χ1) is 10.3. The summed E-state index contributed by atoms with van der Waals surface area (Å²) >= 11 is 0. The fraction of sp³-hybridized carbons (Fsp3) is 0.562. The van der Waals surface area contributed by atoms with Gasteiger partial charge in [-0.15, -0.1) is 5.10 Å². The van der Waals surface area contributed by atoms with E-state index in [9.17, 15) is 0 Å². The van der Waals surface area contributed by atoms with Gasteiger partial charge in [0.25, 0.3) is 0 Å². The van der Waals surface area contributed by atoms with Crippen LogP contribution in [0, 0.1) is 0 Å². The standard InChI is InChI=1S/C16H25N5/c1-4-10-17-12-9-13-14(5-2)20-21(15(13)6-3)16-8-7-11-18-19-16/h7-8,11,17H,4-6,9-10,12H2,1-3H3. The summed E-state index contributed by atoms with van der Waals surface area (Å²) in [5, 5.41) is 16.4. The van der Waals surface area contributed by atoms with Crippen LogP contribution in [-0.4, -0.2) is 33.1 Å². The Morgan fingerprint density at radius 2 is 2.00 bits per heavy atom. The minimum absolute atomic E-state index is 0.803. The molecule has 5 heteroatoms. The van der Waals surface area contributed by atoms with Crippen molar-refractivity contribution in [2.24, 2.45) is 0 Å². The van der Waals surface area contributed by atoms with Gasteiger partial charge in [0.2, 0.25) is 0 Å². The summed E-state index contributed by atoms with van der Waals surface area (Å²) in [5.41, 5.74) is 3.80. The molecule has 0 saturated carbocycles. The van der Waals surface area contributed by atoms with E-state index < -0.39 is 0 Å². The molecule has 2 aromatic heterocycles. The SMILES string of the molecule is CCCNCCc1c(CC)nn(-c2cccnn2)c1CC. The Hall–Kier alpha value is -1.75. The summed E-state index contributed by atoms with van der Waals surface area (Å²) in [6, 6.07) is 3.86. The number of rotatable bonds is 8. The second-order valence-corrected chi connectivity index (χ2v) is 5.07. The van der Waals surface area contributed by atoms with E-state index in [-0.39, 0.29) is 0 Å². The van der Waals surface area contributed by atoms with Crippen molar-refractivity contribution in [1.82, 2.24) is 25.3 Å². The number of hydrogen-bond acceptors (Lipinski definition) is 4. The molecule has 0 spiro atoms. The molecule has 0 radical (unpaired) electrons. The van der Waals surface area contributed by atoms with Crippen molar-refractivity contribution < 1.29 is 0 Å². The molecule has 0 fully saturated rings. The number of nitrogens with zero attached hydrogens (tertiary/aromatic N) is 4. The first kappa shape index (κ1) is 15.6. The van der Waals surface area contributed by atoms with Crippen LogP contribution in [0.4, 0.5) is 0 Å². The maximum absolute atomic E-state index is 4.76. The van der Waals surface area contributed by atoms with Gasteiger partial charge in [0, 0.05) is 11.9 Å². The van der Waals surface area contributed by atoms with Gasteiger partial charge < -0.3 is 5.32 Å². The van der Waals surface area contributed by atoms with Crippen molar-refractivity contribution in [3.05, 3.63) is 35.3 Å². The normalized spacial score (nSPS) is 11.0.